The Hall–Kier alpha value is -1.92. The largest absolute Gasteiger partial charge is 0.477 e. The molecule has 0 saturated carbocycles. The molecule has 0 aliphatic rings. The average Bonchev–Trinajstić information content (AvgIpc) is 2.98. The van der Waals surface area contributed by atoms with Gasteiger partial charge in [-0.05, 0) is 12.1 Å². The Labute approximate surface area is 110 Å². The second-order valence-electron chi connectivity index (χ2n) is 3.54. The number of aromatic carboxylic acids is 1. The molecule has 2 aromatic heterocycles. The number of hydrogen-bond donors (Lipinski definition) is 1. The van der Waals surface area contributed by atoms with E-state index < -0.39 is 5.97 Å². The van der Waals surface area contributed by atoms with Crippen LogP contribution in [0, 0.1) is 0 Å². The van der Waals surface area contributed by atoms with Crippen molar-refractivity contribution in [1.29, 1.82) is 0 Å². The molecule has 0 radical (unpaired) electrons. The zero-order valence-corrected chi connectivity index (χ0v) is 10.6. The molecule has 1 aromatic carbocycles. The number of fused-ring (bicyclic) bond motifs is 1. The summed E-state index contributed by atoms with van der Waals surface area (Å²) in [5, 5.41) is 12.1. The number of aromatic nitrogens is 1. The first-order valence-corrected chi connectivity index (χ1v) is 6.73. The second kappa shape index (κ2) is 4.40. The Bertz CT molecular complexity index is 717. The molecule has 6 heteroatoms. The first-order chi connectivity index (χ1) is 8.74. The van der Waals surface area contributed by atoms with Crippen LogP contribution in [0.15, 0.2) is 35.7 Å². The maximum Gasteiger partial charge on any atom is 0.346 e. The van der Waals surface area contributed by atoms with E-state index >= 15 is 0 Å². The van der Waals surface area contributed by atoms with Gasteiger partial charge in [-0.25, -0.2) is 4.79 Å². The smallest absolute Gasteiger partial charge is 0.346 e. The SMILES string of the molecule is O=C(O)c1cc(Oc2snc3ccccc23)cs1. The first-order valence-electron chi connectivity index (χ1n) is 5.08. The summed E-state index contributed by atoms with van der Waals surface area (Å²) in [6.45, 7) is 0. The molecule has 1 N–H and O–H groups in total. The molecular formula is C12H7NO3S2. The lowest BCUT2D eigenvalue weighted by Crippen LogP contribution is -1.90. The molecule has 3 rings (SSSR count). The highest BCUT2D eigenvalue weighted by Gasteiger charge is 2.11. The van der Waals surface area contributed by atoms with Crippen molar-refractivity contribution in [3.8, 4) is 10.8 Å². The molecule has 0 spiro atoms. The van der Waals surface area contributed by atoms with Crippen LogP contribution >= 0.6 is 22.9 Å². The lowest BCUT2D eigenvalue weighted by molar-refractivity contribution is 0.0702. The molecular weight excluding hydrogens is 270 g/mol. The number of hydrogen-bond acceptors (Lipinski definition) is 5. The molecule has 0 unspecified atom stereocenters. The number of carbonyl (C=O) groups is 1. The molecule has 0 aliphatic heterocycles. The lowest BCUT2D eigenvalue weighted by atomic mass is 10.2. The summed E-state index contributed by atoms with van der Waals surface area (Å²) in [7, 11) is 0. The van der Waals surface area contributed by atoms with Gasteiger partial charge in [0.25, 0.3) is 0 Å². The van der Waals surface area contributed by atoms with Gasteiger partial charge in [-0.1, -0.05) is 12.1 Å². The van der Waals surface area contributed by atoms with Crippen LogP contribution in [0.4, 0.5) is 0 Å². The van der Waals surface area contributed by atoms with Crippen LogP contribution in [0.1, 0.15) is 9.67 Å². The summed E-state index contributed by atoms with van der Waals surface area (Å²) >= 11 is 2.40. The quantitative estimate of drug-likeness (QED) is 0.790. The van der Waals surface area contributed by atoms with E-state index in [0.29, 0.717) is 10.8 Å². The predicted molar refractivity (Wildman–Crippen MR) is 71.0 cm³/mol. The Morgan fingerprint density at radius 1 is 1.33 bits per heavy atom. The topological polar surface area (TPSA) is 59.4 Å². The van der Waals surface area contributed by atoms with Gasteiger partial charge in [-0.15, -0.1) is 11.3 Å². The Morgan fingerprint density at radius 2 is 2.17 bits per heavy atom. The van der Waals surface area contributed by atoms with Crippen molar-refractivity contribution in [3.63, 3.8) is 0 Å². The molecule has 4 nitrogen and oxygen atoms in total. The fraction of sp³-hybridized carbons (Fsp3) is 0. The second-order valence-corrected chi connectivity index (χ2v) is 5.19. The standard InChI is InChI=1S/C12H7NO3S2/c14-11(15)10-5-7(6-17-10)16-12-8-3-1-2-4-9(8)13-18-12/h1-6H,(H,14,15). The molecule has 0 bridgehead atoms. The van der Waals surface area contributed by atoms with E-state index in [1.165, 1.54) is 17.6 Å². The van der Waals surface area contributed by atoms with Gasteiger partial charge in [-0.2, -0.15) is 4.37 Å². The van der Waals surface area contributed by atoms with E-state index in [0.717, 1.165) is 22.2 Å². The van der Waals surface area contributed by atoms with Gasteiger partial charge in [0.15, 0.2) is 0 Å². The summed E-state index contributed by atoms with van der Waals surface area (Å²) in [6.07, 6.45) is 0. The van der Waals surface area contributed by atoms with Gasteiger partial charge < -0.3 is 9.84 Å². The third kappa shape index (κ3) is 1.96. The third-order valence-corrected chi connectivity index (χ3v) is 4.00. The van der Waals surface area contributed by atoms with Crippen LogP contribution in [-0.4, -0.2) is 15.4 Å². The van der Waals surface area contributed by atoms with Crippen LogP contribution in [0.5, 0.6) is 10.8 Å². The summed E-state index contributed by atoms with van der Waals surface area (Å²) in [5.41, 5.74) is 0.881. The normalized spacial score (nSPS) is 10.7. The summed E-state index contributed by atoms with van der Waals surface area (Å²) in [4.78, 5) is 11.0. The highest BCUT2D eigenvalue weighted by molar-refractivity contribution is 7.12. The Balaban J connectivity index is 1.93. The number of carboxylic acid groups (broad SMARTS) is 1. The molecule has 0 atom stereocenters. The highest BCUT2D eigenvalue weighted by Crippen LogP contribution is 2.35. The van der Waals surface area contributed by atoms with Crippen molar-refractivity contribution in [2.75, 3.05) is 0 Å². The number of benzene rings is 1. The van der Waals surface area contributed by atoms with Gasteiger partial charge in [0.1, 0.15) is 10.6 Å². The maximum absolute atomic E-state index is 10.8. The maximum atomic E-state index is 10.8. The molecule has 18 heavy (non-hydrogen) atoms. The van der Waals surface area contributed by atoms with Gasteiger partial charge in [0.05, 0.1) is 10.9 Å². The highest BCUT2D eigenvalue weighted by atomic mass is 32.1. The zero-order chi connectivity index (χ0) is 12.5. The number of nitrogens with zero attached hydrogens (tertiary/aromatic N) is 1. The third-order valence-electron chi connectivity index (χ3n) is 2.35. The van der Waals surface area contributed by atoms with Crippen molar-refractivity contribution in [2.24, 2.45) is 0 Å². The molecule has 0 saturated heterocycles. The van der Waals surface area contributed by atoms with Crippen molar-refractivity contribution >= 4 is 39.7 Å². The lowest BCUT2D eigenvalue weighted by Gasteiger charge is -1.98. The van der Waals surface area contributed by atoms with E-state index in [2.05, 4.69) is 4.37 Å². The average molecular weight is 277 g/mol. The number of thiophene rings is 1. The van der Waals surface area contributed by atoms with Crippen molar-refractivity contribution < 1.29 is 14.6 Å². The van der Waals surface area contributed by atoms with Crippen molar-refractivity contribution in [2.45, 2.75) is 0 Å². The molecule has 90 valence electrons. The summed E-state index contributed by atoms with van der Waals surface area (Å²) < 4.78 is 9.93. The number of rotatable bonds is 3. The fourth-order valence-electron chi connectivity index (χ4n) is 1.53. The van der Waals surface area contributed by atoms with E-state index in [9.17, 15) is 4.79 Å². The van der Waals surface area contributed by atoms with Crippen LogP contribution in [0.25, 0.3) is 10.9 Å². The molecule has 3 aromatic rings. The van der Waals surface area contributed by atoms with Crippen molar-refractivity contribution in [3.05, 3.63) is 40.6 Å². The van der Waals surface area contributed by atoms with Gasteiger partial charge >= 0.3 is 5.97 Å². The number of carboxylic acids is 1. The monoisotopic (exact) mass is 277 g/mol. The Morgan fingerprint density at radius 3 is 2.94 bits per heavy atom. The predicted octanol–water partition coefficient (Wildman–Crippen LogP) is 3.85. The van der Waals surface area contributed by atoms with E-state index in [1.54, 1.807) is 5.38 Å². The van der Waals surface area contributed by atoms with Crippen LogP contribution in [-0.2, 0) is 0 Å². The Kier molecular flexibility index (Phi) is 2.73. The van der Waals surface area contributed by atoms with Gasteiger partial charge in [-0.3, -0.25) is 0 Å². The minimum absolute atomic E-state index is 0.263. The van der Waals surface area contributed by atoms with Crippen molar-refractivity contribution in [1.82, 2.24) is 4.37 Å². The van der Waals surface area contributed by atoms with Gasteiger partial charge in [0.2, 0.25) is 5.06 Å². The molecule has 0 amide bonds. The minimum Gasteiger partial charge on any atom is -0.477 e. The fourth-order valence-corrected chi connectivity index (χ4v) is 2.92. The zero-order valence-electron chi connectivity index (χ0n) is 8.99. The number of ether oxygens (including phenoxy) is 1. The van der Waals surface area contributed by atoms with Gasteiger partial charge in [0, 0.05) is 23.0 Å². The van der Waals surface area contributed by atoms with Crippen LogP contribution in [0.3, 0.4) is 0 Å². The van der Waals surface area contributed by atoms with Crippen LogP contribution in [0.2, 0.25) is 0 Å². The molecule has 2 heterocycles. The van der Waals surface area contributed by atoms with E-state index in [4.69, 9.17) is 9.84 Å². The van der Waals surface area contributed by atoms with Crippen LogP contribution < -0.4 is 4.74 Å². The first kappa shape index (κ1) is 11.2. The molecule has 0 aliphatic carbocycles. The van der Waals surface area contributed by atoms with E-state index in [1.807, 2.05) is 24.3 Å². The van der Waals surface area contributed by atoms with E-state index in [-0.39, 0.29) is 4.88 Å². The summed E-state index contributed by atoms with van der Waals surface area (Å²) in [6, 6.07) is 9.19. The molecule has 0 fully saturated rings. The summed E-state index contributed by atoms with van der Waals surface area (Å²) in [5.74, 6) is -0.407. The minimum atomic E-state index is -0.941.